The predicted molar refractivity (Wildman–Crippen MR) is 92.4 cm³/mol. The number of nitrogens with zero attached hydrogens (tertiary/aromatic N) is 1. The average Bonchev–Trinajstić information content (AvgIpc) is 2.48. The summed E-state index contributed by atoms with van der Waals surface area (Å²) in [5, 5.41) is 3.38. The summed E-state index contributed by atoms with van der Waals surface area (Å²) in [4.78, 5) is 4.37. The number of aromatic nitrogens is 1. The van der Waals surface area contributed by atoms with Crippen molar-refractivity contribution in [3.63, 3.8) is 0 Å². The van der Waals surface area contributed by atoms with Crippen LogP contribution in [0.5, 0.6) is 5.88 Å². The Labute approximate surface area is 142 Å². The van der Waals surface area contributed by atoms with Gasteiger partial charge in [0.2, 0.25) is 5.88 Å². The largest absolute Gasteiger partial charge is 0.473 e. The molecule has 0 aliphatic rings. The fraction of sp³-hybridized carbons (Fsp3) is 0.312. The number of pyridine rings is 1. The van der Waals surface area contributed by atoms with Crippen LogP contribution in [-0.2, 0) is 13.2 Å². The molecule has 0 unspecified atom stereocenters. The summed E-state index contributed by atoms with van der Waals surface area (Å²) >= 11 is 6.89. The van der Waals surface area contributed by atoms with Crippen molar-refractivity contribution in [3.05, 3.63) is 56.6 Å². The minimum Gasteiger partial charge on any atom is -0.473 e. The van der Waals surface area contributed by atoms with Gasteiger partial charge in [0.25, 0.3) is 0 Å². The Kier molecular flexibility index (Phi) is 6.67. The second-order valence-electron chi connectivity index (χ2n) is 4.71. The lowest BCUT2D eigenvalue weighted by molar-refractivity contribution is 0.289. The lowest BCUT2D eigenvalue weighted by Gasteiger charge is -2.11. The molecule has 0 atom stereocenters. The summed E-state index contributed by atoms with van der Waals surface area (Å²) in [6.07, 6.45) is 2.87. The van der Waals surface area contributed by atoms with Crippen molar-refractivity contribution in [3.8, 4) is 5.88 Å². The molecule has 0 saturated heterocycles. The lowest BCUT2D eigenvalue weighted by atomic mass is 10.2. The van der Waals surface area contributed by atoms with Gasteiger partial charge in [-0.05, 0) is 52.7 Å². The first-order chi connectivity index (χ1) is 10.2. The Morgan fingerprint density at radius 1 is 1.14 bits per heavy atom. The van der Waals surface area contributed by atoms with Gasteiger partial charge in [0.05, 0.1) is 0 Å². The highest BCUT2D eigenvalue weighted by Gasteiger charge is 2.07. The monoisotopic (exact) mass is 412 g/mol. The van der Waals surface area contributed by atoms with Gasteiger partial charge in [-0.1, -0.05) is 35.0 Å². The second-order valence-corrected chi connectivity index (χ2v) is 6.54. The Bertz CT molecular complexity index is 573. The maximum absolute atomic E-state index is 5.86. The van der Waals surface area contributed by atoms with E-state index < -0.39 is 0 Å². The van der Waals surface area contributed by atoms with Gasteiger partial charge >= 0.3 is 0 Å². The Morgan fingerprint density at radius 3 is 2.62 bits per heavy atom. The standard InChI is InChI=1S/C16H18Br2N2O/c1-2-7-19-9-13-8-15(18)10-20-16(13)21-11-12-3-5-14(17)6-4-12/h3-6,8,10,19H,2,7,9,11H2,1H3. The molecule has 1 heterocycles. The second kappa shape index (κ2) is 8.51. The van der Waals surface area contributed by atoms with Crippen molar-refractivity contribution in [2.24, 2.45) is 0 Å². The molecule has 0 bridgehead atoms. The van der Waals surface area contributed by atoms with Crippen molar-refractivity contribution >= 4 is 31.9 Å². The first-order valence-corrected chi connectivity index (χ1v) is 8.50. The van der Waals surface area contributed by atoms with E-state index in [0.717, 1.165) is 39.6 Å². The average molecular weight is 414 g/mol. The van der Waals surface area contributed by atoms with Crippen LogP contribution in [0, 0.1) is 0 Å². The normalized spacial score (nSPS) is 10.6. The molecule has 21 heavy (non-hydrogen) atoms. The molecule has 3 nitrogen and oxygen atoms in total. The van der Waals surface area contributed by atoms with Gasteiger partial charge in [-0.2, -0.15) is 0 Å². The van der Waals surface area contributed by atoms with Crippen LogP contribution in [0.15, 0.2) is 45.5 Å². The first-order valence-electron chi connectivity index (χ1n) is 6.91. The number of halogens is 2. The fourth-order valence-electron chi connectivity index (χ4n) is 1.86. The van der Waals surface area contributed by atoms with Gasteiger partial charge in [-0.25, -0.2) is 4.98 Å². The van der Waals surface area contributed by atoms with Crippen LogP contribution < -0.4 is 10.1 Å². The van der Waals surface area contributed by atoms with Gasteiger partial charge in [0.1, 0.15) is 6.61 Å². The van der Waals surface area contributed by atoms with Crippen LogP contribution in [0.1, 0.15) is 24.5 Å². The topological polar surface area (TPSA) is 34.2 Å². The van der Waals surface area contributed by atoms with E-state index in [1.807, 2.05) is 30.3 Å². The molecule has 0 spiro atoms. The van der Waals surface area contributed by atoms with E-state index in [1.54, 1.807) is 6.20 Å². The molecule has 1 N–H and O–H groups in total. The summed E-state index contributed by atoms with van der Waals surface area (Å²) in [5.41, 5.74) is 2.19. The number of rotatable bonds is 7. The summed E-state index contributed by atoms with van der Waals surface area (Å²) in [7, 11) is 0. The summed E-state index contributed by atoms with van der Waals surface area (Å²) in [5.74, 6) is 0.685. The van der Waals surface area contributed by atoms with E-state index >= 15 is 0 Å². The highest BCUT2D eigenvalue weighted by Crippen LogP contribution is 2.21. The van der Waals surface area contributed by atoms with Crippen LogP contribution in [-0.4, -0.2) is 11.5 Å². The van der Waals surface area contributed by atoms with E-state index in [0.29, 0.717) is 12.5 Å². The Balaban J connectivity index is 2.02. The molecule has 0 fully saturated rings. The van der Waals surface area contributed by atoms with Crippen LogP contribution in [0.2, 0.25) is 0 Å². The number of nitrogens with one attached hydrogen (secondary N) is 1. The van der Waals surface area contributed by atoms with Crippen LogP contribution >= 0.6 is 31.9 Å². The van der Waals surface area contributed by atoms with Crippen LogP contribution in [0.25, 0.3) is 0 Å². The number of benzene rings is 1. The summed E-state index contributed by atoms with van der Waals surface area (Å²) < 4.78 is 7.89. The van der Waals surface area contributed by atoms with Crippen LogP contribution in [0.3, 0.4) is 0 Å². The summed E-state index contributed by atoms with van der Waals surface area (Å²) in [6.45, 7) is 4.41. The summed E-state index contributed by atoms with van der Waals surface area (Å²) in [6, 6.07) is 10.2. The third-order valence-electron chi connectivity index (χ3n) is 2.92. The van der Waals surface area contributed by atoms with Gasteiger partial charge in [0, 0.05) is 27.3 Å². The zero-order chi connectivity index (χ0) is 15.1. The zero-order valence-electron chi connectivity index (χ0n) is 11.9. The third-order valence-corrected chi connectivity index (χ3v) is 3.89. The molecule has 0 saturated carbocycles. The Hall–Kier alpha value is -0.910. The van der Waals surface area contributed by atoms with Crippen molar-refractivity contribution < 1.29 is 4.74 Å². The Morgan fingerprint density at radius 2 is 1.90 bits per heavy atom. The minimum atomic E-state index is 0.517. The van der Waals surface area contributed by atoms with Crippen molar-refractivity contribution in [2.45, 2.75) is 26.5 Å². The quantitative estimate of drug-likeness (QED) is 0.668. The molecule has 2 rings (SSSR count). The number of hydrogen-bond donors (Lipinski definition) is 1. The maximum atomic E-state index is 5.86. The van der Waals surface area contributed by atoms with Crippen molar-refractivity contribution in [1.29, 1.82) is 0 Å². The van der Waals surface area contributed by atoms with Crippen molar-refractivity contribution in [2.75, 3.05) is 6.54 Å². The van der Waals surface area contributed by atoms with E-state index in [9.17, 15) is 0 Å². The third kappa shape index (κ3) is 5.41. The molecule has 5 heteroatoms. The van der Waals surface area contributed by atoms with E-state index in [1.165, 1.54) is 0 Å². The molecule has 0 aliphatic carbocycles. The first kappa shape index (κ1) is 16.5. The molecular weight excluding hydrogens is 396 g/mol. The van der Waals surface area contributed by atoms with E-state index in [4.69, 9.17) is 4.74 Å². The maximum Gasteiger partial charge on any atom is 0.218 e. The smallest absolute Gasteiger partial charge is 0.218 e. The number of ether oxygens (including phenoxy) is 1. The van der Waals surface area contributed by atoms with E-state index in [-0.39, 0.29) is 0 Å². The fourth-order valence-corrected chi connectivity index (χ4v) is 2.50. The van der Waals surface area contributed by atoms with Crippen molar-refractivity contribution in [1.82, 2.24) is 10.3 Å². The van der Waals surface area contributed by atoms with Gasteiger partial charge in [0.15, 0.2) is 0 Å². The molecule has 2 aromatic rings. The predicted octanol–water partition coefficient (Wildman–Crippen LogP) is 4.69. The minimum absolute atomic E-state index is 0.517. The molecule has 1 aromatic carbocycles. The van der Waals surface area contributed by atoms with Gasteiger partial charge in [-0.3, -0.25) is 0 Å². The van der Waals surface area contributed by atoms with Crippen LogP contribution in [0.4, 0.5) is 0 Å². The van der Waals surface area contributed by atoms with Gasteiger partial charge < -0.3 is 10.1 Å². The molecule has 0 radical (unpaired) electrons. The molecular formula is C16H18Br2N2O. The van der Waals surface area contributed by atoms with Gasteiger partial charge in [-0.15, -0.1) is 0 Å². The zero-order valence-corrected chi connectivity index (χ0v) is 15.1. The highest BCUT2D eigenvalue weighted by molar-refractivity contribution is 9.10. The lowest BCUT2D eigenvalue weighted by Crippen LogP contribution is -2.15. The number of hydrogen-bond acceptors (Lipinski definition) is 3. The molecule has 0 amide bonds. The molecule has 1 aromatic heterocycles. The highest BCUT2D eigenvalue weighted by atomic mass is 79.9. The molecule has 112 valence electrons. The van der Waals surface area contributed by atoms with E-state index in [2.05, 4.69) is 49.1 Å². The SMILES string of the molecule is CCCNCc1cc(Br)cnc1OCc1ccc(Br)cc1. The molecule has 0 aliphatic heterocycles.